The molecule has 0 fully saturated rings. The van der Waals surface area contributed by atoms with Gasteiger partial charge in [-0.1, -0.05) is 78.1 Å². The van der Waals surface area contributed by atoms with Crippen LogP contribution >= 0.6 is 23.5 Å². The first-order valence-electron chi connectivity index (χ1n) is 12.2. The van der Waals surface area contributed by atoms with Crippen molar-refractivity contribution in [3.05, 3.63) is 115 Å². The molecule has 0 atom stereocenters. The van der Waals surface area contributed by atoms with Gasteiger partial charge in [0, 0.05) is 21.9 Å². The molecule has 0 spiro atoms. The second-order valence-electron chi connectivity index (χ2n) is 8.65. The van der Waals surface area contributed by atoms with Gasteiger partial charge in [0.15, 0.2) is 5.16 Å². The minimum Gasteiger partial charge on any atom is -0.497 e. The normalized spacial score (nSPS) is 12.1. The number of rotatable bonds is 7. The topological polar surface area (TPSA) is 60.2 Å². The Kier molecular flexibility index (Phi) is 6.90. The number of para-hydroxylation sites is 2. The van der Waals surface area contributed by atoms with E-state index in [9.17, 15) is 4.79 Å². The fraction of sp³-hybridized carbons (Fsp3) is 0.100. The molecule has 4 aromatic carbocycles. The predicted molar refractivity (Wildman–Crippen MR) is 152 cm³/mol. The average Bonchev–Trinajstić information content (AvgIpc) is 3.37. The number of anilines is 2. The number of thioether (sulfide) groups is 1. The zero-order chi connectivity index (χ0) is 25.9. The van der Waals surface area contributed by atoms with E-state index in [0.717, 1.165) is 44.0 Å². The first-order valence-corrected chi connectivity index (χ1v) is 14.0. The van der Waals surface area contributed by atoms with E-state index in [2.05, 4.69) is 34.5 Å². The Hall–Kier alpha value is -4.01. The molecule has 5 aromatic rings. The van der Waals surface area contributed by atoms with E-state index in [0.29, 0.717) is 11.6 Å². The van der Waals surface area contributed by atoms with Crippen LogP contribution in [0.3, 0.4) is 0 Å². The maximum absolute atomic E-state index is 13.7. The monoisotopic (exact) mass is 536 g/mol. The van der Waals surface area contributed by atoms with Gasteiger partial charge in [-0.15, -0.1) is 10.2 Å². The Morgan fingerprint density at radius 2 is 1.45 bits per heavy atom. The minimum atomic E-state index is -0.0101. The molecule has 0 saturated heterocycles. The molecule has 0 radical (unpaired) electrons. The van der Waals surface area contributed by atoms with E-state index in [1.54, 1.807) is 18.9 Å². The standard InChI is InChI=1S/C30H24N4O2S2/c1-36-23-17-15-22(16-18-23)33-28(19-21-9-3-2-4-10-21)31-32-30(33)37-20-29(35)34-24-11-5-7-13-26(24)38-27-14-8-6-12-25(27)34/h2-18H,19-20H2,1H3. The van der Waals surface area contributed by atoms with Crippen LogP contribution in [0.4, 0.5) is 11.4 Å². The van der Waals surface area contributed by atoms with Crippen molar-refractivity contribution in [1.82, 2.24) is 14.8 Å². The first-order chi connectivity index (χ1) is 18.7. The number of nitrogens with zero attached hydrogens (tertiary/aromatic N) is 4. The van der Waals surface area contributed by atoms with Gasteiger partial charge < -0.3 is 4.74 Å². The van der Waals surface area contributed by atoms with Gasteiger partial charge in [-0.3, -0.25) is 14.3 Å². The zero-order valence-electron chi connectivity index (χ0n) is 20.7. The summed E-state index contributed by atoms with van der Waals surface area (Å²) >= 11 is 3.08. The molecule has 0 aliphatic carbocycles. The number of carbonyl (C=O) groups excluding carboxylic acids is 1. The van der Waals surface area contributed by atoms with Crippen molar-refractivity contribution < 1.29 is 9.53 Å². The molecular formula is C30H24N4O2S2. The van der Waals surface area contributed by atoms with Crippen molar-refractivity contribution >= 4 is 40.8 Å². The summed E-state index contributed by atoms with van der Waals surface area (Å²) in [6, 6.07) is 34.0. The lowest BCUT2D eigenvalue weighted by Crippen LogP contribution is -2.30. The number of fused-ring (bicyclic) bond motifs is 2. The molecule has 8 heteroatoms. The van der Waals surface area contributed by atoms with Crippen LogP contribution in [-0.2, 0) is 11.2 Å². The maximum atomic E-state index is 13.7. The second kappa shape index (κ2) is 10.8. The molecule has 0 bridgehead atoms. The van der Waals surface area contributed by atoms with E-state index in [1.165, 1.54) is 11.8 Å². The Morgan fingerprint density at radius 3 is 2.11 bits per heavy atom. The molecule has 188 valence electrons. The summed E-state index contributed by atoms with van der Waals surface area (Å²) < 4.78 is 7.37. The molecule has 1 aliphatic rings. The molecule has 1 aromatic heterocycles. The van der Waals surface area contributed by atoms with E-state index < -0.39 is 0 Å². The minimum absolute atomic E-state index is 0.0101. The van der Waals surface area contributed by atoms with Crippen LogP contribution in [0.5, 0.6) is 5.75 Å². The number of ether oxygens (including phenoxy) is 1. The summed E-state index contributed by atoms with van der Waals surface area (Å²) in [6.07, 6.45) is 0.623. The molecule has 0 unspecified atom stereocenters. The number of aromatic nitrogens is 3. The fourth-order valence-electron chi connectivity index (χ4n) is 4.44. The number of methoxy groups -OCH3 is 1. The van der Waals surface area contributed by atoms with E-state index in [1.807, 2.05) is 88.3 Å². The molecule has 0 N–H and O–H groups in total. The highest BCUT2D eigenvalue weighted by atomic mass is 32.2. The van der Waals surface area contributed by atoms with Gasteiger partial charge in [0.25, 0.3) is 0 Å². The van der Waals surface area contributed by atoms with Crippen molar-refractivity contribution in [2.24, 2.45) is 0 Å². The summed E-state index contributed by atoms with van der Waals surface area (Å²) in [5.41, 5.74) is 3.87. The summed E-state index contributed by atoms with van der Waals surface area (Å²) in [7, 11) is 1.65. The molecule has 6 nitrogen and oxygen atoms in total. The molecule has 38 heavy (non-hydrogen) atoms. The Bertz CT molecular complexity index is 1540. The highest BCUT2D eigenvalue weighted by Crippen LogP contribution is 2.48. The van der Waals surface area contributed by atoms with E-state index >= 15 is 0 Å². The summed E-state index contributed by atoms with van der Waals surface area (Å²) in [5.74, 6) is 1.79. The number of benzene rings is 4. The number of hydrogen-bond acceptors (Lipinski definition) is 6. The van der Waals surface area contributed by atoms with Gasteiger partial charge >= 0.3 is 0 Å². The summed E-state index contributed by atoms with van der Waals surface area (Å²) in [6.45, 7) is 0. The molecular weight excluding hydrogens is 512 g/mol. The van der Waals surface area contributed by atoms with Crippen LogP contribution < -0.4 is 9.64 Å². The lowest BCUT2D eigenvalue weighted by atomic mass is 10.1. The van der Waals surface area contributed by atoms with Crippen molar-refractivity contribution in [2.75, 3.05) is 17.8 Å². The van der Waals surface area contributed by atoms with E-state index in [4.69, 9.17) is 4.74 Å². The van der Waals surface area contributed by atoms with Crippen molar-refractivity contribution in [3.8, 4) is 11.4 Å². The smallest absolute Gasteiger partial charge is 0.242 e. The Labute approximate surface area is 229 Å². The van der Waals surface area contributed by atoms with Gasteiger partial charge in [-0.2, -0.15) is 0 Å². The largest absolute Gasteiger partial charge is 0.497 e. The molecule has 1 aliphatic heterocycles. The predicted octanol–water partition coefficient (Wildman–Crippen LogP) is 6.79. The van der Waals surface area contributed by atoms with Gasteiger partial charge in [0.05, 0.1) is 24.2 Å². The Morgan fingerprint density at radius 1 is 0.816 bits per heavy atom. The SMILES string of the molecule is COc1ccc(-n2c(Cc3ccccc3)nnc2SCC(=O)N2c3ccccc3Sc3ccccc32)cc1. The van der Waals surface area contributed by atoms with Gasteiger partial charge in [0.2, 0.25) is 5.91 Å². The van der Waals surface area contributed by atoms with Crippen LogP contribution in [0, 0.1) is 0 Å². The van der Waals surface area contributed by atoms with Crippen LogP contribution in [0.1, 0.15) is 11.4 Å². The number of hydrogen-bond donors (Lipinski definition) is 0. The number of amides is 1. The lowest BCUT2D eigenvalue weighted by Gasteiger charge is -2.30. The second-order valence-corrected chi connectivity index (χ2v) is 10.7. The molecule has 2 heterocycles. The zero-order valence-corrected chi connectivity index (χ0v) is 22.3. The maximum Gasteiger partial charge on any atom is 0.242 e. The van der Waals surface area contributed by atoms with Crippen LogP contribution in [0.2, 0.25) is 0 Å². The van der Waals surface area contributed by atoms with Crippen LogP contribution in [0.25, 0.3) is 5.69 Å². The Balaban J connectivity index is 1.31. The van der Waals surface area contributed by atoms with Gasteiger partial charge in [-0.25, -0.2) is 0 Å². The third-order valence-corrected chi connectivity index (χ3v) is 8.29. The quantitative estimate of drug-likeness (QED) is 0.214. The van der Waals surface area contributed by atoms with Crippen LogP contribution in [0.15, 0.2) is 118 Å². The number of carbonyl (C=O) groups is 1. The van der Waals surface area contributed by atoms with E-state index in [-0.39, 0.29) is 11.7 Å². The van der Waals surface area contributed by atoms with Crippen molar-refractivity contribution in [3.63, 3.8) is 0 Å². The third-order valence-electron chi connectivity index (χ3n) is 6.24. The van der Waals surface area contributed by atoms with Crippen molar-refractivity contribution in [1.29, 1.82) is 0 Å². The summed E-state index contributed by atoms with van der Waals surface area (Å²) in [5, 5.41) is 9.70. The van der Waals surface area contributed by atoms with Gasteiger partial charge in [-0.05, 0) is 54.1 Å². The fourth-order valence-corrected chi connectivity index (χ4v) is 6.32. The summed E-state index contributed by atoms with van der Waals surface area (Å²) in [4.78, 5) is 17.7. The molecule has 6 rings (SSSR count). The lowest BCUT2D eigenvalue weighted by molar-refractivity contribution is -0.115. The van der Waals surface area contributed by atoms with Crippen LogP contribution in [-0.4, -0.2) is 33.5 Å². The highest BCUT2D eigenvalue weighted by Gasteiger charge is 2.28. The first kappa shape index (κ1) is 24.3. The average molecular weight is 537 g/mol. The van der Waals surface area contributed by atoms with Crippen molar-refractivity contribution in [2.45, 2.75) is 21.4 Å². The molecule has 0 saturated carbocycles. The highest BCUT2D eigenvalue weighted by molar-refractivity contribution is 8.00. The third kappa shape index (κ3) is 4.80. The van der Waals surface area contributed by atoms with Gasteiger partial charge in [0.1, 0.15) is 11.6 Å². The molecule has 1 amide bonds.